The fourth-order valence-electron chi connectivity index (χ4n) is 3.25. The van der Waals surface area contributed by atoms with E-state index in [1.54, 1.807) is 11.8 Å². The standard InChI is InChI=1S/C17H24N2O3/c1-13(20)19-7-4-14-12-15(2-3-16(14)19)17(21)5-6-18-8-10-22-11-9-18/h2-3,12,17,21H,4-11H2,1H3. The second kappa shape index (κ2) is 6.77. The lowest BCUT2D eigenvalue weighted by atomic mass is 10.0. The highest BCUT2D eigenvalue weighted by Gasteiger charge is 2.23. The Kier molecular flexibility index (Phi) is 4.76. The molecule has 5 heteroatoms. The van der Waals surface area contributed by atoms with E-state index in [-0.39, 0.29) is 5.91 Å². The maximum Gasteiger partial charge on any atom is 0.223 e. The molecular formula is C17H24N2O3. The van der Waals surface area contributed by atoms with Crippen molar-refractivity contribution in [2.75, 3.05) is 44.3 Å². The van der Waals surface area contributed by atoms with Gasteiger partial charge in [0.2, 0.25) is 5.91 Å². The number of aliphatic hydroxyl groups is 1. The molecule has 2 heterocycles. The van der Waals surface area contributed by atoms with Gasteiger partial charge in [0.05, 0.1) is 19.3 Å². The van der Waals surface area contributed by atoms with Crippen molar-refractivity contribution in [3.63, 3.8) is 0 Å². The molecule has 22 heavy (non-hydrogen) atoms. The van der Waals surface area contributed by atoms with E-state index in [1.165, 1.54) is 0 Å². The summed E-state index contributed by atoms with van der Waals surface area (Å²) in [6.07, 6.45) is 1.16. The molecule has 1 saturated heterocycles. The van der Waals surface area contributed by atoms with Crippen LogP contribution in [0.1, 0.15) is 30.6 Å². The molecule has 0 spiro atoms. The Labute approximate surface area is 131 Å². The fourth-order valence-corrected chi connectivity index (χ4v) is 3.25. The zero-order valence-electron chi connectivity index (χ0n) is 13.1. The summed E-state index contributed by atoms with van der Waals surface area (Å²) in [4.78, 5) is 15.7. The number of morpholine rings is 1. The van der Waals surface area contributed by atoms with Gasteiger partial charge in [0.1, 0.15) is 0 Å². The molecule has 1 N–H and O–H groups in total. The zero-order chi connectivity index (χ0) is 15.5. The molecule has 0 aromatic heterocycles. The van der Waals surface area contributed by atoms with E-state index in [0.717, 1.165) is 69.0 Å². The molecule has 0 bridgehead atoms. The van der Waals surface area contributed by atoms with Gasteiger partial charge >= 0.3 is 0 Å². The smallest absolute Gasteiger partial charge is 0.223 e. The molecule has 1 unspecified atom stereocenters. The maximum atomic E-state index is 11.6. The normalized spacial score (nSPS) is 20.0. The number of carbonyl (C=O) groups is 1. The van der Waals surface area contributed by atoms with E-state index in [2.05, 4.69) is 11.0 Å². The highest BCUT2D eigenvalue weighted by molar-refractivity contribution is 5.93. The van der Waals surface area contributed by atoms with E-state index >= 15 is 0 Å². The van der Waals surface area contributed by atoms with Gasteiger partial charge in [0.15, 0.2) is 0 Å². The predicted molar refractivity (Wildman–Crippen MR) is 85.0 cm³/mol. The molecule has 1 amide bonds. The van der Waals surface area contributed by atoms with Gasteiger partial charge in [-0.3, -0.25) is 9.69 Å². The highest BCUT2D eigenvalue weighted by Crippen LogP contribution is 2.31. The lowest BCUT2D eigenvalue weighted by Crippen LogP contribution is -2.37. The quantitative estimate of drug-likeness (QED) is 0.912. The Bertz CT molecular complexity index is 541. The van der Waals surface area contributed by atoms with E-state index in [1.807, 2.05) is 12.1 Å². The Balaban J connectivity index is 1.61. The van der Waals surface area contributed by atoms with Gasteiger partial charge in [-0.05, 0) is 30.0 Å². The fraction of sp³-hybridized carbons (Fsp3) is 0.588. The average molecular weight is 304 g/mol. The van der Waals surface area contributed by atoms with Crippen LogP contribution in [-0.4, -0.2) is 55.3 Å². The minimum atomic E-state index is -0.445. The van der Waals surface area contributed by atoms with Crippen LogP contribution in [0.4, 0.5) is 5.69 Å². The summed E-state index contributed by atoms with van der Waals surface area (Å²) in [6.45, 7) is 6.71. The maximum absolute atomic E-state index is 11.6. The van der Waals surface area contributed by atoms with Crippen molar-refractivity contribution in [2.45, 2.75) is 25.9 Å². The molecule has 0 radical (unpaired) electrons. The molecule has 1 aromatic rings. The Morgan fingerprint density at radius 3 is 2.82 bits per heavy atom. The first-order chi connectivity index (χ1) is 10.6. The first-order valence-corrected chi connectivity index (χ1v) is 8.04. The Morgan fingerprint density at radius 1 is 1.32 bits per heavy atom. The number of ether oxygens (including phenoxy) is 1. The van der Waals surface area contributed by atoms with Crippen LogP contribution in [-0.2, 0) is 16.0 Å². The second-order valence-electron chi connectivity index (χ2n) is 6.07. The summed E-state index contributed by atoms with van der Waals surface area (Å²) in [5, 5.41) is 10.4. The lowest BCUT2D eigenvalue weighted by Gasteiger charge is -2.27. The van der Waals surface area contributed by atoms with Crippen molar-refractivity contribution in [3.8, 4) is 0 Å². The third kappa shape index (κ3) is 3.32. The van der Waals surface area contributed by atoms with Crippen LogP contribution >= 0.6 is 0 Å². The van der Waals surface area contributed by atoms with Crippen LogP contribution in [0.3, 0.4) is 0 Å². The summed E-state index contributed by atoms with van der Waals surface area (Å²) in [5.74, 6) is 0.0827. The van der Waals surface area contributed by atoms with E-state index in [0.29, 0.717) is 0 Å². The Morgan fingerprint density at radius 2 is 2.09 bits per heavy atom. The number of carbonyl (C=O) groups excluding carboxylic acids is 1. The van der Waals surface area contributed by atoms with Crippen LogP contribution in [0, 0.1) is 0 Å². The number of hydrogen-bond acceptors (Lipinski definition) is 4. The minimum absolute atomic E-state index is 0.0827. The summed E-state index contributed by atoms with van der Waals surface area (Å²) in [6, 6.07) is 5.98. The number of fused-ring (bicyclic) bond motifs is 1. The van der Waals surface area contributed by atoms with E-state index < -0.39 is 6.10 Å². The first kappa shape index (κ1) is 15.5. The molecule has 1 atom stereocenters. The van der Waals surface area contributed by atoms with Crippen LogP contribution in [0.2, 0.25) is 0 Å². The van der Waals surface area contributed by atoms with E-state index in [4.69, 9.17) is 4.74 Å². The monoisotopic (exact) mass is 304 g/mol. The predicted octanol–water partition coefficient (Wildman–Crippen LogP) is 1.35. The summed E-state index contributed by atoms with van der Waals surface area (Å²) >= 11 is 0. The van der Waals surface area contributed by atoms with Gasteiger partial charge < -0.3 is 14.7 Å². The molecule has 120 valence electrons. The van der Waals surface area contributed by atoms with Crippen LogP contribution in [0.5, 0.6) is 0 Å². The second-order valence-corrected chi connectivity index (χ2v) is 6.07. The summed E-state index contributed by atoms with van der Waals surface area (Å²) < 4.78 is 5.33. The largest absolute Gasteiger partial charge is 0.388 e. The number of nitrogens with zero attached hydrogens (tertiary/aromatic N) is 2. The number of aliphatic hydroxyl groups excluding tert-OH is 1. The van der Waals surface area contributed by atoms with Crippen molar-refractivity contribution < 1.29 is 14.6 Å². The van der Waals surface area contributed by atoms with Crippen molar-refractivity contribution in [1.29, 1.82) is 0 Å². The Hall–Kier alpha value is -1.43. The molecule has 3 rings (SSSR count). The first-order valence-electron chi connectivity index (χ1n) is 8.04. The molecule has 2 aliphatic rings. The van der Waals surface area contributed by atoms with Crippen molar-refractivity contribution in [1.82, 2.24) is 4.90 Å². The van der Waals surface area contributed by atoms with E-state index in [9.17, 15) is 9.90 Å². The molecule has 1 fully saturated rings. The number of anilines is 1. The van der Waals surface area contributed by atoms with Crippen LogP contribution in [0.25, 0.3) is 0 Å². The lowest BCUT2D eigenvalue weighted by molar-refractivity contribution is -0.116. The van der Waals surface area contributed by atoms with Gasteiger partial charge in [-0.25, -0.2) is 0 Å². The molecule has 0 aliphatic carbocycles. The highest BCUT2D eigenvalue weighted by atomic mass is 16.5. The number of amides is 1. The van der Waals surface area contributed by atoms with Crippen LogP contribution in [0.15, 0.2) is 18.2 Å². The zero-order valence-corrected chi connectivity index (χ0v) is 13.1. The van der Waals surface area contributed by atoms with Crippen LogP contribution < -0.4 is 4.90 Å². The van der Waals surface area contributed by atoms with Gasteiger partial charge in [0, 0.05) is 38.8 Å². The molecule has 5 nitrogen and oxygen atoms in total. The summed E-state index contributed by atoms with van der Waals surface area (Å²) in [7, 11) is 0. The van der Waals surface area contributed by atoms with Gasteiger partial charge in [0.25, 0.3) is 0 Å². The van der Waals surface area contributed by atoms with Crippen molar-refractivity contribution >= 4 is 11.6 Å². The van der Waals surface area contributed by atoms with Crippen molar-refractivity contribution in [2.24, 2.45) is 0 Å². The number of benzene rings is 1. The van der Waals surface area contributed by atoms with Gasteiger partial charge in [-0.1, -0.05) is 12.1 Å². The molecule has 2 aliphatic heterocycles. The van der Waals surface area contributed by atoms with Gasteiger partial charge in [-0.15, -0.1) is 0 Å². The third-order valence-corrected chi connectivity index (χ3v) is 4.59. The number of hydrogen-bond donors (Lipinski definition) is 1. The molecular weight excluding hydrogens is 280 g/mol. The average Bonchev–Trinajstić information content (AvgIpc) is 2.97. The SMILES string of the molecule is CC(=O)N1CCc2cc(C(O)CCN3CCOCC3)ccc21. The van der Waals surface area contributed by atoms with Crippen molar-refractivity contribution in [3.05, 3.63) is 29.3 Å². The minimum Gasteiger partial charge on any atom is -0.388 e. The number of rotatable bonds is 4. The molecule has 1 aromatic carbocycles. The summed E-state index contributed by atoms with van der Waals surface area (Å²) in [5.41, 5.74) is 3.12. The molecule has 0 saturated carbocycles. The third-order valence-electron chi connectivity index (χ3n) is 4.59. The van der Waals surface area contributed by atoms with Gasteiger partial charge in [-0.2, -0.15) is 0 Å². The topological polar surface area (TPSA) is 53.0 Å².